The minimum Gasteiger partial charge on any atom is -0.0786 e. The first kappa shape index (κ1) is 13.8. The maximum absolute atomic E-state index is 2.36. The van der Waals surface area contributed by atoms with Crippen molar-refractivity contribution in [2.75, 3.05) is 0 Å². The van der Waals surface area contributed by atoms with Gasteiger partial charge in [0.15, 0.2) is 0 Å². The summed E-state index contributed by atoms with van der Waals surface area (Å²) in [6.07, 6.45) is 5.80. The number of rotatable bonds is 0. The fourth-order valence-corrected chi connectivity index (χ4v) is 2.40. The Labute approximate surface area is 106 Å². The molecule has 0 radical (unpaired) electrons. The predicted octanol–water partition coefficient (Wildman–Crippen LogP) is 5.25. The number of benzene rings is 1. The Morgan fingerprint density at radius 3 is 2.35 bits per heavy atom. The third kappa shape index (κ3) is 3.59. The molecular weight excluding hydrogens is 204 g/mol. The molecule has 0 saturated heterocycles. The molecule has 0 bridgehead atoms. The molecule has 1 aliphatic rings. The summed E-state index contributed by atoms with van der Waals surface area (Å²) in [5, 5.41) is 0. The van der Waals surface area contributed by atoms with Gasteiger partial charge in [-0.3, -0.25) is 0 Å². The molecule has 0 heteroatoms. The van der Waals surface area contributed by atoms with Gasteiger partial charge in [-0.15, -0.1) is 0 Å². The first-order valence-electron chi connectivity index (χ1n) is 6.61. The number of fused-ring (bicyclic) bond motifs is 1. The van der Waals surface area contributed by atoms with Crippen LogP contribution in [0.1, 0.15) is 45.7 Å². The Bertz CT molecular complexity index is 421. The molecule has 0 saturated carbocycles. The minimum absolute atomic E-state index is 0.554. The lowest BCUT2D eigenvalue weighted by Crippen LogP contribution is -1.99. The molecule has 0 N–H and O–H groups in total. The van der Waals surface area contributed by atoms with Gasteiger partial charge in [-0.05, 0) is 42.9 Å². The van der Waals surface area contributed by atoms with Crippen molar-refractivity contribution in [3.05, 3.63) is 53.1 Å². The summed E-state index contributed by atoms with van der Waals surface area (Å²) in [7, 11) is 0. The second-order valence-electron chi connectivity index (χ2n) is 4.56. The van der Waals surface area contributed by atoms with Crippen molar-refractivity contribution in [3.8, 4) is 0 Å². The highest BCUT2D eigenvalue weighted by Crippen LogP contribution is 2.26. The molecule has 0 aromatic heterocycles. The standard InChI is InChI=1S/C15H18.C2H6/c1-11-8-12(2)10-14-6-4-5-7-15(14)13(3)9-11;1-2/h4-9,11H,10H2,1-3H3;1-2H3/b12-8?,13-9-;. The molecule has 0 aliphatic heterocycles. The van der Waals surface area contributed by atoms with Gasteiger partial charge in [0.05, 0.1) is 0 Å². The molecule has 1 aromatic carbocycles. The monoisotopic (exact) mass is 228 g/mol. The average molecular weight is 228 g/mol. The molecule has 0 heterocycles. The molecule has 2 rings (SSSR count). The molecule has 17 heavy (non-hydrogen) atoms. The molecule has 0 nitrogen and oxygen atoms in total. The summed E-state index contributed by atoms with van der Waals surface area (Å²) in [5.74, 6) is 0.554. The average Bonchev–Trinajstić information content (AvgIpc) is 2.30. The van der Waals surface area contributed by atoms with Gasteiger partial charge in [0, 0.05) is 0 Å². The van der Waals surface area contributed by atoms with Crippen LogP contribution in [-0.2, 0) is 6.42 Å². The van der Waals surface area contributed by atoms with Crippen molar-refractivity contribution in [1.82, 2.24) is 0 Å². The van der Waals surface area contributed by atoms with Crippen LogP contribution in [0.4, 0.5) is 0 Å². The minimum atomic E-state index is 0.554. The molecule has 0 spiro atoms. The van der Waals surface area contributed by atoms with Gasteiger partial charge < -0.3 is 0 Å². The van der Waals surface area contributed by atoms with Gasteiger partial charge in [0.25, 0.3) is 0 Å². The predicted molar refractivity (Wildman–Crippen MR) is 78.1 cm³/mol. The van der Waals surface area contributed by atoms with E-state index in [-0.39, 0.29) is 0 Å². The Morgan fingerprint density at radius 1 is 1.00 bits per heavy atom. The Hall–Kier alpha value is -1.30. The van der Waals surface area contributed by atoms with Crippen molar-refractivity contribution in [2.45, 2.75) is 41.0 Å². The van der Waals surface area contributed by atoms with Crippen molar-refractivity contribution >= 4 is 5.57 Å². The maximum atomic E-state index is 2.36. The van der Waals surface area contributed by atoms with Crippen LogP contribution in [0.15, 0.2) is 42.0 Å². The Balaban J connectivity index is 0.000000686. The fraction of sp³-hybridized carbons (Fsp3) is 0.412. The SMILES string of the molecule is CC.CC1=CC(C)/C=C(/C)c2ccccc2C1. The summed E-state index contributed by atoms with van der Waals surface area (Å²) >= 11 is 0. The van der Waals surface area contributed by atoms with Crippen molar-refractivity contribution < 1.29 is 0 Å². The number of hydrogen-bond donors (Lipinski definition) is 0. The third-order valence-corrected chi connectivity index (χ3v) is 2.97. The van der Waals surface area contributed by atoms with Gasteiger partial charge in [-0.1, -0.05) is 62.8 Å². The molecule has 0 fully saturated rings. The maximum Gasteiger partial charge on any atom is -0.00636 e. The Morgan fingerprint density at radius 2 is 1.65 bits per heavy atom. The summed E-state index contributed by atoms with van der Waals surface area (Å²) < 4.78 is 0. The largest absolute Gasteiger partial charge is 0.0786 e. The van der Waals surface area contributed by atoms with E-state index in [2.05, 4.69) is 57.2 Å². The van der Waals surface area contributed by atoms with Gasteiger partial charge in [0.1, 0.15) is 0 Å². The fourth-order valence-electron chi connectivity index (χ4n) is 2.40. The van der Waals surface area contributed by atoms with E-state index < -0.39 is 0 Å². The van der Waals surface area contributed by atoms with Crippen LogP contribution >= 0.6 is 0 Å². The van der Waals surface area contributed by atoms with Crippen molar-refractivity contribution in [2.24, 2.45) is 5.92 Å². The zero-order chi connectivity index (χ0) is 12.8. The van der Waals surface area contributed by atoms with E-state index in [1.807, 2.05) is 13.8 Å². The zero-order valence-corrected chi connectivity index (χ0v) is 11.7. The van der Waals surface area contributed by atoms with E-state index in [9.17, 15) is 0 Å². The molecule has 1 unspecified atom stereocenters. The molecule has 0 amide bonds. The molecule has 92 valence electrons. The van der Waals surface area contributed by atoms with Crippen LogP contribution in [0.3, 0.4) is 0 Å². The lowest BCUT2D eigenvalue weighted by Gasteiger charge is -2.15. The highest BCUT2D eigenvalue weighted by atomic mass is 14.1. The highest BCUT2D eigenvalue weighted by Gasteiger charge is 2.08. The van der Waals surface area contributed by atoms with E-state index in [4.69, 9.17) is 0 Å². The number of allylic oxidation sites excluding steroid dienone is 4. The zero-order valence-electron chi connectivity index (χ0n) is 11.7. The summed E-state index contributed by atoms with van der Waals surface area (Å²) in [4.78, 5) is 0. The summed E-state index contributed by atoms with van der Waals surface area (Å²) in [6, 6.07) is 8.72. The van der Waals surface area contributed by atoms with Crippen LogP contribution < -0.4 is 0 Å². The lowest BCUT2D eigenvalue weighted by atomic mass is 9.90. The normalized spacial score (nSPS) is 21.8. The first-order chi connectivity index (χ1) is 8.16. The van der Waals surface area contributed by atoms with Gasteiger partial charge in [0.2, 0.25) is 0 Å². The summed E-state index contributed by atoms with van der Waals surface area (Å²) in [5.41, 5.74) is 5.74. The highest BCUT2D eigenvalue weighted by molar-refractivity contribution is 5.68. The van der Waals surface area contributed by atoms with Crippen molar-refractivity contribution in [1.29, 1.82) is 0 Å². The van der Waals surface area contributed by atoms with E-state index >= 15 is 0 Å². The molecule has 1 aliphatic carbocycles. The van der Waals surface area contributed by atoms with E-state index in [1.165, 1.54) is 22.3 Å². The van der Waals surface area contributed by atoms with E-state index in [0.717, 1.165) is 6.42 Å². The van der Waals surface area contributed by atoms with E-state index in [0.29, 0.717) is 5.92 Å². The van der Waals surface area contributed by atoms with Crippen LogP contribution in [0.5, 0.6) is 0 Å². The smallest absolute Gasteiger partial charge is 0.00636 e. The van der Waals surface area contributed by atoms with E-state index in [1.54, 1.807) is 0 Å². The first-order valence-corrected chi connectivity index (χ1v) is 6.61. The van der Waals surface area contributed by atoms with Gasteiger partial charge >= 0.3 is 0 Å². The van der Waals surface area contributed by atoms with Gasteiger partial charge in [-0.25, -0.2) is 0 Å². The molecular formula is C17H24. The second-order valence-corrected chi connectivity index (χ2v) is 4.56. The van der Waals surface area contributed by atoms with Gasteiger partial charge in [-0.2, -0.15) is 0 Å². The quantitative estimate of drug-likeness (QED) is 0.532. The van der Waals surface area contributed by atoms with Crippen LogP contribution in [0, 0.1) is 5.92 Å². The molecule has 1 atom stereocenters. The van der Waals surface area contributed by atoms with Crippen LogP contribution in [-0.4, -0.2) is 0 Å². The topological polar surface area (TPSA) is 0 Å². The molecule has 1 aromatic rings. The van der Waals surface area contributed by atoms with Crippen molar-refractivity contribution in [3.63, 3.8) is 0 Å². The Kier molecular flexibility index (Phi) is 5.21. The lowest BCUT2D eigenvalue weighted by molar-refractivity contribution is 0.905. The summed E-state index contributed by atoms with van der Waals surface area (Å²) in [6.45, 7) is 10.7. The second kappa shape index (κ2) is 6.44. The third-order valence-electron chi connectivity index (χ3n) is 2.97. The van der Waals surface area contributed by atoms with Crippen LogP contribution in [0.25, 0.3) is 5.57 Å². The van der Waals surface area contributed by atoms with Crippen LogP contribution in [0.2, 0.25) is 0 Å². The number of hydrogen-bond acceptors (Lipinski definition) is 0.